The fourth-order valence-corrected chi connectivity index (χ4v) is 2.48. The number of nitrogens with zero attached hydrogens (tertiary/aromatic N) is 1. The molecule has 0 amide bonds. The van der Waals surface area contributed by atoms with Crippen molar-refractivity contribution < 1.29 is 9.53 Å². The topological polar surface area (TPSA) is 41.6 Å². The number of rotatable bonds is 7. The van der Waals surface area contributed by atoms with Crippen LogP contribution >= 0.6 is 0 Å². The average Bonchev–Trinajstić information content (AvgIpc) is 2.38. The first-order valence-corrected chi connectivity index (χ1v) is 7.15. The maximum atomic E-state index is 11.1. The van der Waals surface area contributed by atoms with Crippen molar-refractivity contribution in [2.45, 2.75) is 45.6 Å². The van der Waals surface area contributed by atoms with E-state index in [4.69, 9.17) is 0 Å². The Morgan fingerprint density at radius 1 is 1.39 bits per heavy atom. The van der Waals surface area contributed by atoms with Crippen LogP contribution in [0.15, 0.2) is 0 Å². The maximum Gasteiger partial charge on any atom is 0.305 e. The summed E-state index contributed by atoms with van der Waals surface area (Å²) in [4.78, 5) is 13.6. The van der Waals surface area contributed by atoms with Gasteiger partial charge in [0.15, 0.2) is 0 Å². The molecule has 0 bridgehead atoms. The van der Waals surface area contributed by atoms with Gasteiger partial charge in [-0.05, 0) is 58.7 Å². The van der Waals surface area contributed by atoms with Gasteiger partial charge >= 0.3 is 5.97 Å². The molecule has 1 rings (SSSR count). The molecule has 0 spiro atoms. The highest BCUT2D eigenvalue weighted by molar-refractivity contribution is 5.69. The summed E-state index contributed by atoms with van der Waals surface area (Å²) < 4.78 is 4.68. The summed E-state index contributed by atoms with van der Waals surface area (Å²) in [6, 6.07) is 0.553. The van der Waals surface area contributed by atoms with Crippen LogP contribution in [0.5, 0.6) is 0 Å². The summed E-state index contributed by atoms with van der Waals surface area (Å²) in [6.07, 6.45) is 3.99. The normalized spacial score (nSPS) is 17.4. The second-order valence-electron chi connectivity index (χ2n) is 5.46. The number of hydrogen-bond donors (Lipinski definition) is 1. The fourth-order valence-electron chi connectivity index (χ4n) is 2.48. The number of carbonyl (C=O) groups excluding carboxylic acids is 1. The van der Waals surface area contributed by atoms with E-state index in [0.717, 1.165) is 32.0 Å². The molecular weight excluding hydrogens is 228 g/mol. The average molecular weight is 256 g/mol. The Hall–Kier alpha value is -0.610. The Morgan fingerprint density at radius 2 is 2.06 bits per heavy atom. The molecule has 0 radical (unpaired) electrons. The smallest absolute Gasteiger partial charge is 0.305 e. The number of ether oxygens (including phenoxy) is 1. The first-order valence-electron chi connectivity index (χ1n) is 7.15. The van der Waals surface area contributed by atoms with Crippen LogP contribution in [0, 0.1) is 5.92 Å². The quantitative estimate of drug-likeness (QED) is 0.703. The summed E-state index contributed by atoms with van der Waals surface area (Å²) in [5.41, 5.74) is 0. The van der Waals surface area contributed by atoms with Crippen molar-refractivity contribution in [3.05, 3.63) is 0 Å². The molecule has 0 aliphatic carbocycles. The third-order valence-corrected chi connectivity index (χ3v) is 3.74. The minimum absolute atomic E-state index is 0.0967. The highest BCUT2D eigenvalue weighted by Gasteiger charge is 2.18. The molecule has 0 saturated carbocycles. The molecule has 1 aliphatic heterocycles. The van der Waals surface area contributed by atoms with Gasteiger partial charge < -0.3 is 15.0 Å². The Labute approximate surface area is 111 Å². The lowest BCUT2D eigenvalue weighted by Gasteiger charge is -2.32. The van der Waals surface area contributed by atoms with Crippen molar-refractivity contribution in [3.8, 4) is 0 Å². The van der Waals surface area contributed by atoms with E-state index in [1.54, 1.807) is 0 Å². The fraction of sp³-hybridized carbons (Fsp3) is 0.929. The Bertz CT molecular complexity index is 238. The Balaban J connectivity index is 2.27. The highest BCUT2D eigenvalue weighted by atomic mass is 16.5. The van der Waals surface area contributed by atoms with Crippen molar-refractivity contribution in [2.24, 2.45) is 5.92 Å². The molecular formula is C14H28N2O2. The summed E-state index contributed by atoms with van der Waals surface area (Å²) >= 11 is 0. The van der Waals surface area contributed by atoms with Gasteiger partial charge in [0, 0.05) is 19.0 Å². The molecule has 1 heterocycles. The third-order valence-electron chi connectivity index (χ3n) is 3.74. The number of hydrogen-bond acceptors (Lipinski definition) is 4. The monoisotopic (exact) mass is 256 g/mol. The third kappa shape index (κ3) is 5.83. The van der Waals surface area contributed by atoms with E-state index in [9.17, 15) is 4.79 Å². The molecule has 0 aromatic heterocycles. The summed E-state index contributed by atoms with van der Waals surface area (Å²) in [6.45, 7) is 8.94. The van der Waals surface area contributed by atoms with Gasteiger partial charge in [0.25, 0.3) is 0 Å². The molecule has 1 saturated heterocycles. The van der Waals surface area contributed by atoms with Gasteiger partial charge in [-0.3, -0.25) is 4.79 Å². The van der Waals surface area contributed by atoms with Crippen molar-refractivity contribution in [2.75, 3.05) is 33.3 Å². The molecule has 1 N–H and O–H groups in total. The SMILES string of the molecule is COC(=O)CCCN(CC1CCNCC1)C(C)C. The lowest BCUT2D eigenvalue weighted by Crippen LogP contribution is -2.40. The van der Waals surface area contributed by atoms with Crippen LogP contribution in [-0.4, -0.2) is 50.2 Å². The van der Waals surface area contributed by atoms with Crippen LogP contribution in [0.2, 0.25) is 0 Å². The lowest BCUT2D eigenvalue weighted by molar-refractivity contribution is -0.140. The first-order chi connectivity index (χ1) is 8.63. The van der Waals surface area contributed by atoms with E-state index in [0.29, 0.717) is 12.5 Å². The predicted octanol–water partition coefficient (Wildman–Crippen LogP) is 1.65. The largest absolute Gasteiger partial charge is 0.469 e. The number of piperidine rings is 1. The maximum absolute atomic E-state index is 11.1. The number of nitrogens with one attached hydrogen (secondary N) is 1. The van der Waals surface area contributed by atoms with Crippen LogP contribution in [0.4, 0.5) is 0 Å². The second kappa shape index (κ2) is 8.48. The Morgan fingerprint density at radius 3 is 2.61 bits per heavy atom. The molecule has 1 aliphatic rings. The molecule has 4 heteroatoms. The zero-order valence-corrected chi connectivity index (χ0v) is 12.1. The standard InChI is InChI=1S/C14H28N2O2/c1-12(2)16(10-4-5-14(17)18-3)11-13-6-8-15-9-7-13/h12-13,15H,4-11H2,1-3H3. The molecule has 0 atom stereocenters. The number of methoxy groups -OCH3 is 1. The zero-order valence-electron chi connectivity index (χ0n) is 12.1. The number of esters is 1. The van der Waals surface area contributed by atoms with E-state index in [2.05, 4.69) is 28.8 Å². The van der Waals surface area contributed by atoms with E-state index in [1.807, 2.05) is 0 Å². The lowest BCUT2D eigenvalue weighted by atomic mass is 9.97. The first kappa shape index (κ1) is 15.4. The molecule has 0 aromatic carbocycles. The van der Waals surface area contributed by atoms with Gasteiger partial charge in [0.05, 0.1) is 7.11 Å². The van der Waals surface area contributed by atoms with Crippen LogP contribution in [0.1, 0.15) is 39.5 Å². The van der Waals surface area contributed by atoms with Crippen molar-refractivity contribution in [1.29, 1.82) is 0 Å². The van der Waals surface area contributed by atoms with Gasteiger partial charge in [-0.25, -0.2) is 0 Å². The van der Waals surface area contributed by atoms with Crippen molar-refractivity contribution in [1.82, 2.24) is 10.2 Å². The minimum Gasteiger partial charge on any atom is -0.469 e. The molecule has 4 nitrogen and oxygen atoms in total. The molecule has 18 heavy (non-hydrogen) atoms. The van der Waals surface area contributed by atoms with E-state index in [-0.39, 0.29) is 5.97 Å². The summed E-state index contributed by atoms with van der Waals surface area (Å²) in [5.74, 6) is 0.715. The molecule has 1 fully saturated rings. The summed E-state index contributed by atoms with van der Waals surface area (Å²) in [7, 11) is 1.46. The van der Waals surface area contributed by atoms with Gasteiger partial charge in [0.2, 0.25) is 0 Å². The molecule has 106 valence electrons. The van der Waals surface area contributed by atoms with Crippen LogP contribution in [-0.2, 0) is 9.53 Å². The minimum atomic E-state index is -0.0967. The van der Waals surface area contributed by atoms with Gasteiger partial charge in [0.1, 0.15) is 0 Å². The van der Waals surface area contributed by atoms with Crippen molar-refractivity contribution in [3.63, 3.8) is 0 Å². The van der Waals surface area contributed by atoms with Crippen LogP contribution < -0.4 is 5.32 Å². The van der Waals surface area contributed by atoms with Gasteiger partial charge in [-0.2, -0.15) is 0 Å². The molecule has 0 aromatic rings. The van der Waals surface area contributed by atoms with E-state index < -0.39 is 0 Å². The van der Waals surface area contributed by atoms with Crippen LogP contribution in [0.25, 0.3) is 0 Å². The van der Waals surface area contributed by atoms with Crippen LogP contribution in [0.3, 0.4) is 0 Å². The number of carbonyl (C=O) groups is 1. The summed E-state index contributed by atoms with van der Waals surface area (Å²) in [5, 5.41) is 3.40. The predicted molar refractivity (Wildman–Crippen MR) is 73.6 cm³/mol. The van der Waals surface area contributed by atoms with Gasteiger partial charge in [-0.1, -0.05) is 0 Å². The van der Waals surface area contributed by atoms with Crippen molar-refractivity contribution >= 4 is 5.97 Å². The Kier molecular flexibility index (Phi) is 7.28. The van der Waals surface area contributed by atoms with E-state index >= 15 is 0 Å². The molecule has 0 unspecified atom stereocenters. The zero-order chi connectivity index (χ0) is 13.4. The highest BCUT2D eigenvalue weighted by Crippen LogP contribution is 2.15. The van der Waals surface area contributed by atoms with Gasteiger partial charge in [-0.15, -0.1) is 0 Å². The second-order valence-corrected chi connectivity index (χ2v) is 5.46. The van der Waals surface area contributed by atoms with E-state index in [1.165, 1.54) is 26.5 Å².